The third-order valence-electron chi connectivity index (χ3n) is 4.26. The smallest absolute Gasteiger partial charge is 0.343 e. The summed E-state index contributed by atoms with van der Waals surface area (Å²) in [6, 6.07) is 21.0. The van der Waals surface area contributed by atoms with Crippen LogP contribution in [0.15, 0.2) is 77.9 Å². The number of aryl methyl sites for hydroxylation is 1. The summed E-state index contributed by atoms with van der Waals surface area (Å²) in [6.45, 7) is 1.75. The van der Waals surface area contributed by atoms with Crippen LogP contribution in [0.1, 0.15) is 21.5 Å². The fourth-order valence-electron chi connectivity index (χ4n) is 2.65. The van der Waals surface area contributed by atoms with Crippen molar-refractivity contribution in [3.8, 4) is 17.2 Å². The standard InChI is InChI=1S/C24H22N2O5/c1-17-8-6-7-11-20(17)30-16-23(27)26-25-15-18-12-13-21(22(14-18)29-2)31-24(28)19-9-4-3-5-10-19/h3-15H,16H2,1-2H3,(H,26,27)/b25-15+. The van der Waals surface area contributed by atoms with Gasteiger partial charge < -0.3 is 14.2 Å². The Hall–Kier alpha value is -4.13. The Kier molecular flexibility index (Phi) is 7.37. The van der Waals surface area contributed by atoms with Crippen molar-refractivity contribution >= 4 is 18.1 Å². The van der Waals surface area contributed by atoms with Crippen molar-refractivity contribution in [2.75, 3.05) is 13.7 Å². The van der Waals surface area contributed by atoms with Gasteiger partial charge in [0.2, 0.25) is 0 Å². The minimum Gasteiger partial charge on any atom is -0.493 e. The lowest BCUT2D eigenvalue weighted by atomic mass is 10.2. The van der Waals surface area contributed by atoms with E-state index in [4.69, 9.17) is 14.2 Å². The second kappa shape index (κ2) is 10.6. The lowest BCUT2D eigenvalue weighted by Gasteiger charge is -2.10. The molecule has 3 rings (SSSR count). The molecular weight excluding hydrogens is 396 g/mol. The summed E-state index contributed by atoms with van der Waals surface area (Å²) in [5, 5.41) is 3.92. The van der Waals surface area contributed by atoms with E-state index in [0.29, 0.717) is 22.6 Å². The summed E-state index contributed by atoms with van der Waals surface area (Å²) in [4.78, 5) is 24.2. The van der Waals surface area contributed by atoms with E-state index in [9.17, 15) is 9.59 Å². The molecular formula is C24H22N2O5. The Morgan fingerprint density at radius 3 is 2.42 bits per heavy atom. The molecule has 1 N–H and O–H groups in total. The van der Waals surface area contributed by atoms with Crippen LogP contribution >= 0.6 is 0 Å². The van der Waals surface area contributed by atoms with Crippen LogP contribution in [0.25, 0.3) is 0 Å². The molecule has 0 aliphatic rings. The van der Waals surface area contributed by atoms with Crippen LogP contribution in [0.4, 0.5) is 0 Å². The fourth-order valence-corrected chi connectivity index (χ4v) is 2.65. The number of nitrogens with one attached hydrogen (secondary N) is 1. The van der Waals surface area contributed by atoms with Gasteiger partial charge in [-0.25, -0.2) is 10.2 Å². The molecule has 31 heavy (non-hydrogen) atoms. The van der Waals surface area contributed by atoms with Crippen molar-refractivity contribution in [3.05, 3.63) is 89.5 Å². The predicted octanol–water partition coefficient (Wildman–Crippen LogP) is 3.75. The van der Waals surface area contributed by atoms with Crippen molar-refractivity contribution in [1.82, 2.24) is 5.43 Å². The highest BCUT2D eigenvalue weighted by molar-refractivity contribution is 5.91. The molecule has 0 aliphatic carbocycles. The van der Waals surface area contributed by atoms with E-state index in [1.54, 1.807) is 48.5 Å². The maximum atomic E-state index is 12.2. The van der Waals surface area contributed by atoms with Crippen LogP contribution in [-0.2, 0) is 4.79 Å². The summed E-state index contributed by atoms with van der Waals surface area (Å²) >= 11 is 0. The molecule has 7 heteroatoms. The normalized spacial score (nSPS) is 10.5. The molecule has 0 spiro atoms. The molecule has 7 nitrogen and oxygen atoms in total. The summed E-state index contributed by atoms with van der Waals surface area (Å²) < 4.78 is 16.2. The predicted molar refractivity (Wildman–Crippen MR) is 117 cm³/mol. The molecule has 0 bridgehead atoms. The van der Waals surface area contributed by atoms with E-state index in [1.165, 1.54) is 13.3 Å². The van der Waals surface area contributed by atoms with Crippen molar-refractivity contribution in [3.63, 3.8) is 0 Å². The first-order chi connectivity index (χ1) is 15.1. The Morgan fingerprint density at radius 1 is 0.935 bits per heavy atom. The van der Waals surface area contributed by atoms with Crippen LogP contribution in [0.5, 0.6) is 17.2 Å². The minimum absolute atomic E-state index is 0.153. The van der Waals surface area contributed by atoms with Gasteiger partial charge in [-0.2, -0.15) is 5.10 Å². The number of hydrogen-bond acceptors (Lipinski definition) is 6. The first-order valence-corrected chi connectivity index (χ1v) is 9.52. The fraction of sp³-hybridized carbons (Fsp3) is 0.125. The van der Waals surface area contributed by atoms with Gasteiger partial charge in [-0.05, 0) is 54.4 Å². The highest BCUT2D eigenvalue weighted by Crippen LogP contribution is 2.28. The second-order valence-corrected chi connectivity index (χ2v) is 6.51. The van der Waals surface area contributed by atoms with Crippen LogP contribution in [0, 0.1) is 6.92 Å². The molecule has 0 fully saturated rings. The Bertz CT molecular complexity index is 1080. The molecule has 0 radical (unpaired) electrons. The first-order valence-electron chi connectivity index (χ1n) is 9.52. The molecule has 0 aromatic heterocycles. The average molecular weight is 418 g/mol. The molecule has 0 saturated carbocycles. The molecule has 158 valence electrons. The van der Waals surface area contributed by atoms with E-state index >= 15 is 0 Å². The molecule has 3 aromatic rings. The number of carbonyl (C=O) groups is 2. The van der Waals surface area contributed by atoms with Gasteiger partial charge in [-0.1, -0.05) is 36.4 Å². The number of esters is 1. The van der Waals surface area contributed by atoms with Crippen LogP contribution in [0.3, 0.4) is 0 Å². The quantitative estimate of drug-likeness (QED) is 0.261. The number of amides is 1. The Morgan fingerprint density at radius 2 is 1.68 bits per heavy atom. The van der Waals surface area contributed by atoms with E-state index in [1.807, 2.05) is 31.2 Å². The first kappa shape index (κ1) is 21.6. The second-order valence-electron chi connectivity index (χ2n) is 6.51. The van der Waals surface area contributed by atoms with E-state index in [0.717, 1.165) is 5.56 Å². The van der Waals surface area contributed by atoms with Gasteiger partial charge in [-0.15, -0.1) is 0 Å². The summed E-state index contributed by atoms with van der Waals surface area (Å²) in [6.07, 6.45) is 1.46. The number of methoxy groups -OCH3 is 1. The minimum atomic E-state index is -0.485. The van der Waals surface area contributed by atoms with Gasteiger partial charge in [0.1, 0.15) is 5.75 Å². The summed E-state index contributed by atoms with van der Waals surface area (Å²) in [5.74, 6) is 0.416. The number of carbonyl (C=O) groups excluding carboxylic acids is 2. The molecule has 0 aliphatic heterocycles. The lowest BCUT2D eigenvalue weighted by Crippen LogP contribution is -2.24. The van der Waals surface area contributed by atoms with Crippen molar-refractivity contribution in [1.29, 1.82) is 0 Å². The van der Waals surface area contributed by atoms with E-state index in [-0.39, 0.29) is 18.3 Å². The van der Waals surface area contributed by atoms with Gasteiger partial charge in [-0.3, -0.25) is 4.79 Å². The van der Waals surface area contributed by atoms with Gasteiger partial charge >= 0.3 is 5.97 Å². The summed E-state index contributed by atoms with van der Waals surface area (Å²) in [7, 11) is 1.47. The van der Waals surface area contributed by atoms with E-state index in [2.05, 4.69) is 10.5 Å². The number of ether oxygens (including phenoxy) is 3. The molecule has 0 heterocycles. The number of hydrogen-bond donors (Lipinski definition) is 1. The number of para-hydroxylation sites is 1. The Balaban J connectivity index is 1.56. The van der Waals surface area contributed by atoms with Gasteiger partial charge in [0.15, 0.2) is 18.1 Å². The maximum Gasteiger partial charge on any atom is 0.343 e. The van der Waals surface area contributed by atoms with Gasteiger partial charge in [0.05, 0.1) is 18.9 Å². The molecule has 0 unspecified atom stereocenters. The SMILES string of the molecule is COc1cc(/C=N/NC(=O)COc2ccccc2C)ccc1OC(=O)c1ccccc1. The number of rotatable bonds is 8. The maximum absolute atomic E-state index is 12.2. The number of nitrogens with zero attached hydrogens (tertiary/aromatic N) is 1. The summed E-state index contributed by atoms with van der Waals surface area (Å²) in [5.41, 5.74) is 4.43. The zero-order valence-corrected chi connectivity index (χ0v) is 17.2. The topological polar surface area (TPSA) is 86.2 Å². The van der Waals surface area contributed by atoms with Gasteiger partial charge in [0, 0.05) is 0 Å². The Labute approximate surface area is 180 Å². The highest BCUT2D eigenvalue weighted by atomic mass is 16.6. The number of benzene rings is 3. The zero-order valence-electron chi connectivity index (χ0n) is 17.2. The third kappa shape index (κ3) is 6.17. The zero-order chi connectivity index (χ0) is 22.1. The highest BCUT2D eigenvalue weighted by Gasteiger charge is 2.12. The average Bonchev–Trinajstić information content (AvgIpc) is 2.80. The lowest BCUT2D eigenvalue weighted by molar-refractivity contribution is -0.123. The molecule has 1 amide bonds. The van der Waals surface area contributed by atoms with Crippen LogP contribution in [-0.4, -0.2) is 31.8 Å². The van der Waals surface area contributed by atoms with E-state index < -0.39 is 5.97 Å². The van der Waals surface area contributed by atoms with Crippen LogP contribution < -0.4 is 19.6 Å². The third-order valence-corrected chi connectivity index (χ3v) is 4.26. The molecule has 0 saturated heterocycles. The van der Waals surface area contributed by atoms with Crippen LogP contribution in [0.2, 0.25) is 0 Å². The molecule has 0 atom stereocenters. The van der Waals surface area contributed by atoms with Crippen molar-refractivity contribution in [2.24, 2.45) is 5.10 Å². The van der Waals surface area contributed by atoms with Gasteiger partial charge in [0.25, 0.3) is 5.91 Å². The monoisotopic (exact) mass is 418 g/mol. The van der Waals surface area contributed by atoms with Crippen molar-refractivity contribution in [2.45, 2.75) is 6.92 Å². The number of hydrazone groups is 1. The largest absolute Gasteiger partial charge is 0.493 e. The molecule has 3 aromatic carbocycles. The van der Waals surface area contributed by atoms with Crippen molar-refractivity contribution < 1.29 is 23.8 Å².